The smallest absolute Gasteiger partial charge is 0.143 e. The van der Waals surface area contributed by atoms with Gasteiger partial charge >= 0.3 is 0 Å². The number of halogens is 1. The van der Waals surface area contributed by atoms with E-state index in [1.807, 2.05) is 37.3 Å². The largest absolute Gasteiger partial charge is 0.492 e. The van der Waals surface area contributed by atoms with Crippen LogP contribution >= 0.6 is 27.7 Å². The van der Waals surface area contributed by atoms with Crippen LogP contribution in [0.25, 0.3) is 0 Å². The van der Waals surface area contributed by atoms with E-state index in [9.17, 15) is 0 Å². The second-order valence-corrected chi connectivity index (χ2v) is 5.44. The fourth-order valence-electron chi connectivity index (χ4n) is 1.42. The first kappa shape index (κ1) is 13.2. The lowest BCUT2D eigenvalue weighted by atomic mass is 10.3. The molecule has 5 heteroatoms. The number of pyridine rings is 1. The van der Waals surface area contributed by atoms with Gasteiger partial charge in [0.15, 0.2) is 0 Å². The summed E-state index contributed by atoms with van der Waals surface area (Å²) in [6, 6.07) is 9.61. The zero-order valence-electron chi connectivity index (χ0n) is 9.89. The fourth-order valence-corrected chi connectivity index (χ4v) is 2.72. The van der Waals surface area contributed by atoms with Gasteiger partial charge in [0.2, 0.25) is 0 Å². The fraction of sp³-hybridized carbons (Fsp3) is 0.154. The van der Waals surface area contributed by atoms with Crippen molar-refractivity contribution in [3.63, 3.8) is 0 Å². The monoisotopic (exact) mass is 324 g/mol. The molecule has 0 atom stereocenters. The van der Waals surface area contributed by atoms with Gasteiger partial charge in [0.1, 0.15) is 10.8 Å². The third kappa shape index (κ3) is 3.17. The van der Waals surface area contributed by atoms with Crippen LogP contribution in [0.15, 0.2) is 50.9 Å². The highest BCUT2D eigenvalue weighted by atomic mass is 79.9. The highest BCUT2D eigenvalue weighted by Gasteiger charge is 2.06. The van der Waals surface area contributed by atoms with E-state index >= 15 is 0 Å². The van der Waals surface area contributed by atoms with E-state index in [4.69, 9.17) is 10.5 Å². The van der Waals surface area contributed by atoms with E-state index < -0.39 is 0 Å². The average molecular weight is 325 g/mol. The molecule has 0 fully saturated rings. The molecular weight excluding hydrogens is 312 g/mol. The molecule has 0 aliphatic heterocycles. The van der Waals surface area contributed by atoms with E-state index in [0.29, 0.717) is 12.3 Å². The van der Waals surface area contributed by atoms with E-state index in [1.165, 1.54) is 0 Å². The van der Waals surface area contributed by atoms with Gasteiger partial charge in [0.05, 0.1) is 16.8 Å². The van der Waals surface area contributed by atoms with Gasteiger partial charge in [-0.15, -0.1) is 0 Å². The maximum atomic E-state index is 5.84. The number of nitrogens with two attached hydrogens (primary N) is 1. The van der Waals surface area contributed by atoms with Crippen molar-refractivity contribution in [2.45, 2.75) is 16.8 Å². The summed E-state index contributed by atoms with van der Waals surface area (Å²) in [5.41, 5.74) is 6.49. The van der Waals surface area contributed by atoms with Crippen molar-refractivity contribution >= 4 is 33.4 Å². The number of ether oxygens (including phenoxy) is 1. The minimum absolute atomic E-state index is 0.603. The first-order valence-corrected chi connectivity index (χ1v) is 7.12. The summed E-state index contributed by atoms with van der Waals surface area (Å²) < 4.78 is 6.45. The number of nitrogens with zero attached hydrogens (tertiary/aromatic N) is 1. The van der Waals surface area contributed by atoms with Crippen LogP contribution in [0.4, 0.5) is 5.69 Å². The SMILES string of the molecule is CCOc1cc(Sc2ncccc2Br)ccc1N. The Balaban J connectivity index is 2.24. The molecule has 0 aliphatic rings. The summed E-state index contributed by atoms with van der Waals surface area (Å²) in [5.74, 6) is 0.717. The number of aromatic nitrogens is 1. The molecule has 0 unspecified atom stereocenters. The quantitative estimate of drug-likeness (QED) is 0.864. The molecule has 2 aromatic rings. The lowest BCUT2D eigenvalue weighted by molar-refractivity contribution is 0.341. The van der Waals surface area contributed by atoms with Crippen LogP contribution < -0.4 is 10.5 Å². The van der Waals surface area contributed by atoms with Gasteiger partial charge in [-0.05, 0) is 53.2 Å². The molecule has 2 N–H and O–H groups in total. The molecule has 18 heavy (non-hydrogen) atoms. The van der Waals surface area contributed by atoms with Gasteiger partial charge in [-0.2, -0.15) is 0 Å². The zero-order chi connectivity index (χ0) is 13.0. The van der Waals surface area contributed by atoms with E-state index in [-0.39, 0.29) is 0 Å². The van der Waals surface area contributed by atoms with Crippen molar-refractivity contribution in [1.29, 1.82) is 0 Å². The van der Waals surface area contributed by atoms with Gasteiger partial charge in [0.25, 0.3) is 0 Å². The normalized spacial score (nSPS) is 10.3. The summed E-state index contributed by atoms with van der Waals surface area (Å²) in [6.07, 6.45) is 1.77. The highest BCUT2D eigenvalue weighted by molar-refractivity contribution is 9.10. The zero-order valence-corrected chi connectivity index (χ0v) is 12.3. The maximum Gasteiger partial charge on any atom is 0.143 e. The molecular formula is C13H13BrN2OS. The first-order valence-electron chi connectivity index (χ1n) is 5.51. The van der Waals surface area contributed by atoms with Crippen molar-refractivity contribution in [1.82, 2.24) is 4.98 Å². The van der Waals surface area contributed by atoms with Crippen molar-refractivity contribution in [2.24, 2.45) is 0 Å². The van der Waals surface area contributed by atoms with Gasteiger partial charge in [0, 0.05) is 11.1 Å². The number of benzene rings is 1. The minimum atomic E-state index is 0.603. The van der Waals surface area contributed by atoms with Crippen LogP contribution in [-0.2, 0) is 0 Å². The van der Waals surface area contributed by atoms with Crippen molar-refractivity contribution in [3.05, 3.63) is 41.0 Å². The van der Waals surface area contributed by atoms with E-state index in [1.54, 1.807) is 18.0 Å². The summed E-state index contributed by atoms with van der Waals surface area (Å²) in [4.78, 5) is 5.36. The Bertz CT molecular complexity index is 548. The summed E-state index contributed by atoms with van der Waals surface area (Å²) in [6.45, 7) is 2.54. The van der Waals surface area contributed by atoms with E-state index in [0.717, 1.165) is 20.1 Å². The Morgan fingerprint density at radius 3 is 2.94 bits per heavy atom. The predicted molar refractivity (Wildman–Crippen MR) is 78.1 cm³/mol. The standard InChI is InChI=1S/C13H13BrN2OS/c1-2-17-12-8-9(5-6-11(12)15)18-13-10(14)4-3-7-16-13/h3-8H,2,15H2,1H3. The van der Waals surface area contributed by atoms with Crippen LogP contribution in [0, 0.1) is 0 Å². The second-order valence-electron chi connectivity index (χ2n) is 3.53. The van der Waals surface area contributed by atoms with Crippen LogP contribution in [0.5, 0.6) is 5.75 Å². The molecule has 0 spiro atoms. The van der Waals surface area contributed by atoms with E-state index in [2.05, 4.69) is 20.9 Å². The molecule has 94 valence electrons. The van der Waals surface area contributed by atoms with Gasteiger partial charge in [-0.1, -0.05) is 11.8 Å². The summed E-state index contributed by atoms with van der Waals surface area (Å²) >= 11 is 5.05. The van der Waals surface area contributed by atoms with Crippen LogP contribution in [0.1, 0.15) is 6.92 Å². The Kier molecular flexibility index (Phi) is 4.49. The van der Waals surface area contributed by atoms with Crippen LogP contribution in [0.3, 0.4) is 0 Å². The molecule has 0 aliphatic carbocycles. The van der Waals surface area contributed by atoms with Crippen molar-refractivity contribution < 1.29 is 4.74 Å². The maximum absolute atomic E-state index is 5.84. The van der Waals surface area contributed by atoms with Crippen molar-refractivity contribution in [2.75, 3.05) is 12.3 Å². The predicted octanol–water partition coefficient (Wildman–Crippen LogP) is 3.98. The number of hydrogen-bond acceptors (Lipinski definition) is 4. The van der Waals surface area contributed by atoms with Gasteiger partial charge in [-0.3, -0.25) is 0 Å². The molecule has 1 aromatic heterocycles. The van der Waals surface area contributed by atoms with Gasteiger partial charge in [-0.25, -0.2) is 4.98 Å². The lowest BCUT2D eigenvalue weighted by Gasteiger charge is -2.09. The third-order valence-electron chi connectivity index (χ3n) is 2.22. The molecule has 0 saturated carbocycles. The molecule has 1 aromatic carbocycles. The Labute approximate surface area is 119 Å². The number of rotatable bonds is 4. The highest BCUT2D eigenvalue weighted by Crippen LogP contribution is 2.35. The molecule has 0 bridgehead atoms. The molecule has 2 rings (SSSR count). The minimum Gasteiger partial charge on any atom is -0.492 e. The number of nitrogen functional groups attached to an aromatic ring is 1. The Hall–Kier alpha value is -1.20. The van der Waals surface area contributed by atoms with Crippen LogP contribution in [-0.4, -0.2) is 11.6 Å². The topological polar surface area (TPSA) is 48.1 Å². The van der Waals surface area contributed by atoms with Gasteiger partial charge < -0.3 is 10.5 Å². The Morgan fingerprint density at radius 1 is 1.39 bits per heavy atom. The van der Waals surface area contributed by atoms with Crippen LogP contribution in [0.2, 0.25) is 0 Å². The lowest BCUT2D eigenvalue weighted by Crippen LogP contribution is -1.96. The third-order valence-corrected chi connectivity index (χ3v) is 4.13. The first-order chi connectivity index (χ1) is 8.70. The summed E-state index contributed by atoms with van der Waals surface area (Å²) in [5, 5.41) is 0.921. The van der Waals surface area contributed by atoms with Crippen molar-refractivity contribution in [3.8, 4) is 5.75 Å². The molecule has 1 heterocycles. The second kappa shape index (κ2) is 6.11. The molecule has 0 saturated heterocycles. The average Bonchev–Trinajstić information content (AvgIpc) is 2.36. The molecule has 0 amide bonds. The number of hydrogen-bond donors (Lipinski definition) is 1. The Morgan fingerprint density at radius 2 is 2.22 bits per heavy atom. The molecule has 3 nitrogen and oxygen atoms in total. The molecule has 0 radical (unpaired) electrons. The summed E-state index contributed by atoms with van der Waals surface area (Å²) in [7, 11) is 0. The number of anilines is 1.